The highest BCUT2D eigenvalue weighted by Crippen LogP contribution is 2.31. The maximum atomic E-state index is 14.5. The summed E-state index contributed by atoms with van der Waals surface area (Å²) in [6, 6.07) is 5.98. The minimum atomic E-state index is -1.33. The van der Waals surface area contributed by atoms with Crippen molar-refractivity contribution >= 4 is 45.8 Å². The second-order valence-electron chi connectivity index (χ2n) is 7.05. The summed E-state index contributed by atoms with van der Waals surface area (Å²) in [5.41, 5.74) is 1.25. The van der Waals surface area contributed by atoms with Crippen LogP contribution in [-0.4, -0.2) is 59.3 Å². The molecule has 0 saturated carbocycles. The third-order valence-corrected chi connectivity index (χ3v) is 5.39. The highest BCUT2D eigenvalue weighted by Gasteiger charge is 2.37. The van der Waals surface area contributed by atoms with Gasteiger partial charge in [0.15, 0.2) is 11.6 Å². The fourth-order valence-electron chi connectivity index (χ4n) is 2.90. The number of carbonyl (C=O) groups excluding carboxylic acids is 2. The Morgan fingerprint density at radius 1 is 1.19 bits per heavy atom. The van der Waals surface area contributed by atoms with E-state index in [2.05, 4.69) is 10.8 Å². The van der Waals surface area contributed by atoms with E-state index in [9.17, 15) is 22.8 Å². The summed E-state index contributed by atoms with van der Waals surface area (Å²) < 4.78 is 43.1. The van der Waals surface area contributed by atoms with Crippen LogP contribution in [0.25, 0.3) is 0 Å². The third-order valence-electron chi connectivity index (χ3n) is 4.71. The van der Waals surface area contributed by atoms with Crippen LogP contribution in [0.4, 0.5) is 24.5 Å². The standard InChI is InChI=1S/C20H19F3IN3O5/c21-14-3-2-13(18(17(14)23)25-16-4-1-11(24)5-15(16)22)20(31)27-6-10(7-27)19(30)26-32-9-12(29)8-28/h1-5,10,12,25,28-29H,6-9H2,(H,26,30). The van der Waals surface area contributed by atoms with Gasteiger partial charge in [-0.3, -0.25) is 14.4 Å². The number of amides is 2. The van der Waals surface area contributed by atoms with Crippen molar-refractivity contribution in [2.45, 2.75) is 6.10 Å². The zero-order valence-electron chi connectivity index (χ0n) is 16.4. The minimum absolute atomic E-state index is 0.00703. The van der Waals surface area contributed by atoms with Crippen molar-refractivity contribution in [1.82, 2.24) is 10.4 Å². The van der Waals surface area contributed by atoms with Crippen LogP contribution in [-0.2, 0) is 9.63 Å². The molecule has 172 valence electrons. The zero-order chi connectivity index (χ0) is 23.4. The molecule has 0 radical (unpaired) electrons. The summed E-state index contributed by atoms with van der Waals surface area (Å²) in [4.78, 5) is 30.8. The monoisotopic (exact) mass is 565 g/mol. The van der Waals surface area contributed by atoms with E-state index in [1.165, 1.54) is 17.0 Å². The van der Waals surface area contributed by atoms with Crippen molar-refractivity contribution in [2.24, 2.45) is 5.92 Å². The molecule has 1 aliphatic heterocycles. The van der Waals surface area contributed by atoms with Gasteiger partial charge in [0, 0.05) is 16.7 Å². The van der Waals surface area contributed by atoms with Crippen molar-refractivity contribution in [1.29, 1.82) is 0 Å². The molecular formula is C20H19F3IN3O5. The molecule has 2 aromatic carbocycles. The third kappa shape index (κ3) is 5.49. The number of nitrogens with one attached hydrogen (secondary N) is 2. The number of benzene rings is 2. The number of carbonyl (C=O) groups is 2. The lowest BCUT2D eigenvalue weighted by molar-refractivity contribution is -0.145. The minimum Gasteiger partial charge on any atom is -0.394 e. The van der Waals surface area contributed by atoms with Gasteiger partial charge in [-0.05, 0) is 52.9 Å². The number of likely N-dealkylation sites (tertiary alicyclic amines) is 1. The predicted octanol–water partition coefficient (Wildman–Crippen LogP) is 1.93. The summed E-state index contributed by atoms with van der Waals surface area (Å²) in [6.07, 6.45) is -1.15. The molecule has 3 rings (SSSR count). The van der Waals surface area contributed by atoms with Gasteiger partial charge in [0.2, 0.25) is 5.91 Å². The van der Waals surface area contributed by atoms with Gasteiger partial charge < -0.3 is 20.4 Å². The molecule has 1 atom stereocenters. The van der Waals surface area contributed by atoms with Gasteiger partial charge in [-0.2, -0.15) is 0 Å². The molecule has 0 spiro atoms. The van der Waals surface area contributed by atoms with Crippen LogP contribution in [0.3, 0.4) is 0 Å². The molecule has 0 aliphatic carbocycles. The molecule has 8 nitrogen and oxygen atoms in total. The van der Waals surface area contributed by atoms with Crippen LogP contribution in [0.1, 0.15) is 10.4 Å². The van der Waals surface area contributed by atoms with E-state index in [0.29, 0.717) is 3.57 Å². The Morgan fingerprint density at radius 3 is 2.56 bits per heavy atom. The van der Waals surface area contributed by atoms with E-state index in [1.54, 1.807) is 6.07 Å². The molecule has 0 aromatic heterocycles. The maximum Gasteiger partial charge on any atom is 0.256 e. The Labute approximate surface area is 194 Å². The van der Waals surface area contributed by atoms with Crippen molar-refractivity contribution in [3.8, 4) is 0 Å². The quantitative estimate of drug-likeness (QED) is 0.288. The molecule has 0 bridgehead atoms. The molecule has 32 heavy (non-hydrogen) atoms. The van der Waals surface area contributed by atoms with Crippen LogP contribution in [0.2, 0.25) is 0 Å². The number of hydrogen-bond acceptors (Lipinski definition) is 6. The molecule has 1 unspecified atom stereocenters. The van der Waals surface area contributed by atoms with Crippen molar-refractivity contribution in [2.75, 3.05) is 31.6 Å². The maximum absolute atomic E-state index is 14.5. The fraction of sp³-hybridized carbons (Fsp3) is 0.300. The molecule has 1 aliphatic rings. The lowest BCUT2D eigenvalue weighted by Crippen LogP contribution is -2.56. The van der Waals surface area contributed by atoms with Gasteiger partial charge in [0.1, 0.15) is 18.5 Å². The SMILES string of the molecule is O=C(NOCC(O)CO)C1CN(C(=O)c2ccc(F)c(F)c2Nc2ccc(I)cc2F)C1. The average molecular weight is 565 g/mol. The lowest BCUT2D eigenvalue weighted by Gasteiger charge is -2.38. The van der Waals surface area contributed by atoms with E-state index in [1.807, 2.05) is 22.6 Å². The van der Waals surface area contributed by atoms with Gasteiger partial charge in [-0.1, -0.05) is 0 Å². The highest BCUT2D eigenvalue weighted by molar-refractivity contribution is 14.1. The van der Waals surface area contributed by atoms with Crippen LogP contribution >= 0.6 is 22.6 Å². The van der Waals surface area contributed by atoms with Gasteiger partial charge in [0.05, 0.1) is 29.5 Å². The molecule has 1 fully saturated rings. The van der Waals surface area contributed by atoms with Crippen molar-refractivity contribution in [3.63, 3.8) is 0 Å². The first-order valence-corrected chi connectivity index (χ1v) is 10.5. The smallest absolute Gasteiger partial charge is 0.256 e. The fourth-order valence-corrected chi connectivity index (χ4v) is 3.36. The summed E-state index contributed by atoms with van der Waals surface area (Å²) in [5.74, 6) is -5.06. The van der Waals surface area contributed by atoms with Crippen molar-refractivity contribution < 1.29 is 37.8 Å². The van der Waals surface area contributed by atoms with Gasteiger partial charge in [0.25, 0.3) is 5.91 Å². The van der Waals surface area contributed by atoms with Crippen molar-refractivity contribution in [3.05, 3.63) is 56.9 Å². The topological polar surface area (TPSA) is 111 Å². The normalized spacial score (nSPS) is 14.6. The molecule has 2 amide bonds. The molecule has 1 saturated heterocycles. The number of aliphatic hydroxyl groups excluding tert-OH is 2. The number of nitrogens with zero attached hydrogens (tertiary/aromatic N) is 1. The Kier molecular flexibility index (Phi) is 7.92. The average Bonchev–Trinajstić information content (AvgIpc) is 2.71. The van der Waals surface area contributed by atoms with Crippen LogP contribution in [0.15, 0.2) is 30.3 Å². The van der Waals surface area contributed by atoms with Gasteiger partial charge in [-0.25, -0.2) is 18.7 Å². The predicted molar refractivity (Wildman–Crippen MR) is 115 cm³/mol. The molecule has 4 N–H and O–H groups in total. The van der Waals surface area contributed by atoms with E-state index < -0.39 is 53.6 Å². The van der Waals surface area contributed by atoms with E-state index in [0.717, 1.165) is 12.1 Å². The first-order chi connectivity index (χ1) is 15.2. The van der Waals surface area contributed by atoms with Gasteiger partial charge >= 0.3 is 0 Å². The Bertz CT molecular complexity index is 1020. The lowest BCUT2D eigenvalue weighted by atomic mass is 9.97. The van der Waals surface area contributed by atoms with Gasteiger partial charge in [-0.15, -0.1) is 0 Å². The summed E-state index contributed by atoms with van der Waals surface area (Å²) in [7, 11) is 0. The largest absolute Gasteiger partial charge is 0.394 e. The summed E-state index contributed by atoms with van der Waals surface area (Å²) in [5, 5.41) is 20.3. The molecule has 2 aromatic rings. The van der Waals surface area contributed by atoms with E-state index >= 15 is 0 Å². The number of halogens is 4. The number of hydrogen-bond donors (Lipinski definition) is 4. The summed E-state index contributed by atoms with van der Waals surface area (Å²) >= 11 is 1.90. The molecule has 1 heterocycles. The van der Waals surface area contributed by atoms with E-state index in [-0.39, 0.29) is 30.9 Å². The van der Waals surface area contributed by atoms with Crippen LogP contribution in [0.5, 0.6) is 0 Å². The Hall–Kier alpha value is -2.42. The second kappa shape index (κ2) is 10.5. The number of hydroxylamine groups is 1. The Balaban J connectivity index is 1.69. The zero-order valence-corrected chi connectivity index (χ0v) is 18.6. The van der Waals surface area contributed by atoms with Crippen LogP contribution in [0, 0.1) is 26.9 Å². The Morgan fingerprint density at radius 2 is 1.91 bits per heavy atom. The number of anilines is 2. The first kappa shape index (κ1) is 24.2. The van der Waals surface area contributed by atoms with Crippen LogP contribution < -0.4 is 10.8 Å². The molecular weight excluding hydrogens is 546 g/mol. The number of rotatable bonds is 8. The first-order valence-electron chi connectivity index (χ1n) is 9.41. The summed E-state index contributed by atoms with van der Waals surface area (Å²) in [6.45, 7) is -0.852. The highest BCUT2D eigenvalue weighted by atomic mass is 127. The van der Waals surface area contributed by atoms with E-state index in [4.69, 9.17) is 15.1 Å². The number of aliphatic hydroxyl groups is 2. The molecule has 12 heteroatoms. The second-order valence-corrected chi connectivity index (χ2v) is 8.30.